The number of nitrogens with zero attached hydrogens (tertiary/aromatic N) is 1. The first-order valence-electron chi connectivity index (χ1n) is 5.90. The molecule has 0 spiro atoms. The number of rotatable bonds is 5. The number of nitriles is 1. The van der Waals surface area contributed by atoms with Gasteiger partial charge in [-0.2, -0.15) is 5.26 Å². The summed E-state index contributed by atoms with van der Waals surface area (Å²) in [5.74, 6) is 0.677. The second-order valence-corrected chi connectivity index (χ2v) is 4.77. The molecule has 20 heavy (non-hydrogen) atoms. The maximum atomic E-state index is 13.0. The molecule has 0 saturated heterocycles. The molecule has 5 heteroatoms. The molecule has 0 aliphatic heterocycles. The van der Waals surface area contributed by atoms with Gasteiger partial charge in [0.2, 0.25) is 0 Å². The average molecular weight is 336 g/mol. The van der Waals surface area contributed by atoms with Gasteiger partial charge >= 0.3 is 0 Å². The number of hydrogen-bond donors (Lipinski definition) is 0. The molecule has 0 heterocycles. The SMILES string of the molecule is N#Cc1cccc(OCCOc2cc(F)ccc2Br)c1. The van der Waals surface area contributed by atoms with Crippen LogP contribution in [0.4, 0.5) is 4.39 Å². The Morgan fingerprint density at radius 2 is 1.90 bits per heavy atom. The molecule has 2 rings (SSSR count). The zero-order valence-corrected chi connectivity index (χ0v) is 12.1. The Morgan fingerprint density at radius 3 is 2.70 bits per heavy atom. The molecule has 0 N–H and O–H groups in total. The number of hydrogen-bond acceptors (Lipinski definition) is 3. The molecule has 0 amide bonds. The summed E-state index contributed by atoms with van der Waals surface area (Å²) in [6.45, 7) is 0.580. The van der Waals surface area contributed by atoms with E-state index in [4.69, 9.17) is 14.7 Å². The molecular weight excluding hydrogens is 325 g/mol. The van der Waals surface area contributed by atoms with Crippen LogP contribution in [-0.4, -0.2) is 13.2 Å². The van der Waals surface area contributed by atoms with E-state index in [1.807, 2.05) is 6.07 Å². The van der Waals surface area contributed by atoms with Crippen LogP contribution in [0.25, 0.3) is 0 Å². The fraction of sp³-hybridized carbons (Fsp3) is 0.133. The van der Waals surface area contributed by atoms with Crippen molar-refractivity contribution in [1.82, 2.24) is 0 Å². The topological polar surface area (TPSA) is 42.2 Å². The second-order valence-electron chi connectivity index (χ2n) is 3.91. The lowest BCUT2D eigenvalue weighted by Gasteiger charge is -2.09. The predicted molar refractivity (Wildman–Crippen MR) is 76.2 cm³/mol. The van der Waals surface area contributed by atoms with Crippen LogP contribution in [0.2, 0.25) is 0 Å². The van der Waals surface area contributed by atoms with Crippen molar-refractivity contribution in [1.29, 1.82) is 5.26 Å². The van der Waals surface area contributed by atoms with E-state index >= 15 is 0 Å². The molecule has 0 bridgehead atoms. The molecule has 0 aromatic heterocycles. The van der Waals surface area contributed by atoms with Crippen molar-refractivity contribution >= 4 is 15.9 Å². The lowest BCUT2D eigenvalue weighted by Crippen LogP contribution is -2.09. The lowest BCUT2D eigenvalue weighted by atomic mass is 10.2. The average Bonchev–Trinajstić information content (AvgIpc) is 2.47. The Hall–Kier alpha value is -2.06. The van der Waals surface area contributed by atoms with E-state index in [2.05, 4.69) is 15.9 Å². The van der Waals surface area contributed by atoms with Gasteiger partial charge in [0, 0.05) is 6.07 Å². The van der Waals surface area contributed by atoms with Gasteiger partial charge in [-0.05, 0) is 46.3 Å². The van der Waals surface area contributed by atoms with E-state index in [0.29, 0.717) is 28.1 Å². The third-order valence-electron chi connectivity index (χ3n) is 2.47. The first-order valence-corrected chi connectivity index (χ1v) is 6.69. The van der Waals surface area contributed by atoms with E-state index < -0.39 is 0 Å². The fourth-order valence-corrected chi connectivity index (χ4v) is 1.92. The summed E-state index contributed by atoms with van der Waals surface area (Å²) in [4.78, 5) is 0. The van der Waals surface area contributed by atoms with Crippen molar-refractivity contribution in [3.8, 4) is 17.6 Å². The normalized spacial score (nSPS) is 9.85. The van der Waals surface area contributed by atoms with Crippen LogP contribution in [0.1, 0.15) is 5.56 Å². The Kier molecular flexibility index (Phi) is 4.97. The summed E-state index contributed by atoms with van der Waals surface area (Å²) in [5, 5.41) is 8.77. The van der Waals surface area contributed by atoms with Gasteiger partial charge in [0.25, 0.3) is 0 Å². The van der Waals surface area contributed by atoms with Crippen LogP contribution < -0.4 is 9.47 Å². The number of halogens is 2. The van der Waals surface area contributed by atoms with Gasteiger partial charge in [0.1, 0.15) is 30.5 Å². The van der Waals surface area contributed by atoms with E-state index in [0.717, 1.165) is 0 Å². The van der Waals surface area contributed by atoms with Crippen molar-refractivity contribution in [3.05, 3.63) is 58.3 Å². The molecule has 3 nitrogen and oxygen atoms in total. The highest BCUT2D eigenvalue weighted by Crippen LogP contribution is 2.25. The van der Waals surface area contributed by atoms with Gasteiger partial charge in [0.05, 0.1) is 16.1 Å². The molecule has 2 aromatic rings. The molecule has 2 aromatic carbocycles. The molecule has 0 unspecified atom stereocenters. The molecule has 0 saturated carbocycles. The fourth-order valence-electron chi connectivity index (χ4n) is 1.55. The molecule has 102 valence electrons. The maximum absolute atomic E-state index is 13.0. The zero-order chi connectivity index (χ0) is 14.4. The van der Waals surface area contributed by atoms with Crippen LogP contribution in [0, 0.1) is 17.1 Å². The Bertz CT molecular complexity index is 640. The van der Waals surface area contributed by atoms with Gasteiger partial charge < -0.3 is 9.47 Å². The predicted octanol–water partition coefficient (Wildman–Crippen LogP) is 3.92. The van der Waals surface area contributed by atoms with E-state index in [-0.39, 0.29) is 12.4 Å². The van der Waals surface area contributed by atoms with Gasteiger partial charge in [-0.1, -0.05) is 6.07 Å². The van der Waals surface area contributed by atoms with Gasteiger partial charge in [-0.15, -0.1) is 0 Å². The summed E-state index contributed by atoms with van der Waals surface area (Å²) in [7, 11) is 0. The third-order valence-corrected chi connectivity index (χ3v) is 3.12. The molecule has 0 aliphatic carbocycles. The third kappa shape index (κ3) is 3.97. The summed E-state index contributed by atoms with van der Waals surface area (Å²) >= 11 is 3.28. The molecule has 0 aliphatic rings. The molecular formula is C15H11BrFNO2. The smallest absolute Gasteiger partial charge is 0.136 e. The molecule has 0 fully saturated rings. The summed E-state index contributed by atoms with van der Waals surface area (Å²) in [6, 6.07) is 13.1. The minimum absolute atomic E-state index is 0.277. The van der Waals surface area contributed by atoms with Crippen LogP contribution in [0.5, 0.6) is 11.5 Å². The number of benzene rings is 2. The second kappa shape index (κ2) is 6.92. The first kappa shape index (κ1) is 14.4. The van der Waals surface area contributed by atoms with Crippen LogP contribution in [0.3, 0.4) is 0 Å². The largest absolute Gasteiger partial charge is 0.490 e. The Morgan fingerprint density at radius 1 is 1.10 bits per heavy atom. The van der Waals surface area contributed by atoms with Gasteiger partial charge in [-0.25, -0.2) is 4.39 Å². The van der Waals surface area contributed by atoms with Gasteiger partial charge in [-0.3, -0.25) is 0 Å². The minimum Gasteiger partial charge on any atom is -0.490 e. The van der Waals surface area contributed by atoms with Crippen molar-refractivity contribution in [3.63, 3.8) is 0 Å². The van der Waals surface area contributed by atoms with Crippen molar-refractivity contribution in [2.45, 2.75) is 0 Å². The monoisotopic (exact) mass is 335 g/mol. The van der Waals surface area contributed by atoms with Gasteiger partial charge in [0.15, 0.2) is 0 Å². The van der Waals surface area contributed by atoms with Crippen molar-refractivity contribution in [2.24, 2.45) is 0 Å². The molecule has 0 radical (unpaired) electrons. The van der Waals surface area contributed by atoms with Crippen LogP contribution >= 0.6 is 15.9 Å². The number of ether oxygens (including phenoxy) is 2. The lowest BCUT2D eigenvalue weighted by molar-refractivity contribution is 0.216. The van der Waals surface area contributed by atoms with Crippen LogP contribution in [-0.2, 0) is 0 Å². The highest BCUT2D eigenvalue weighted by atomic mass is 79.9. The summed E-state index contributed by atoms with van der Waals surface area (Å²) in [6.07, 6.45) is 0. The van der Waals surface area contributed by atoms with Crippen molar-refractivity contribution < 1.29 is 13.9 Å². The Labute approximate surface area is 124 Å². The molecule has 0 atom stereocenters. The quantitative estimate of drug-likeness (QED) is 0.778. The maximum Gasteiger partial charge on any atom is 0.136 e. The van der Waals surface area contributed by atoms with Crippen molar-refractivity contribution in [2.75, 3.05) is 13.2 Å². The van der Waals surface area contributed by atoms with E-state index in [1.165, 1.54) is 12.1 Å². The van der Waals surface area contributed by atoms with E-state index in [1.54, 1.807) is 30.3 Å². The first-order chi connectivity index (χ1) is 9.69. The van der Waals surface area contributed by atoms with E-state index in [9.17, 15) is 4.39 Å². The Balaban J connectivity index is 1.84. The summed E-state index contributed by atoms with van der Waals surface area (Å²) < 4.78 is 24.6. The zero-order valence-electron chi connectivity index (χ0n) is 10.5. The highest BCUT2D eigenvalue weighted by molar-refractivity contribution is 9.10. The summed E-state index contributed by atoms with van der Waals surface area (Å²) in [5.41, 5.74) is 0.538. The minimum atomic E-state index is -0.356. The van der Waals surface area contributed by atoms with Crippen LogP contribution in [0.15, 0.2) is 46.9 Å². The standard InChI is InChI=1S/C15H11BrFNO2/c16-14-5-4-12(17)9-15(14)20-7-6-19-13-3-1-2-11(8-13)10-18/h1-5,8-9H,6-7H2. The highest BCUT2D eigenvalue weighted by Gasteiger charge is 2.03.